The predicted molar refractivity (Wildman–Crippen MR) is 77.8 cm³/mol. The first-order chi connectivity index (χ1) is 9.50. The molecule has 0 saturated heterocycles. The van der Waals surface area contributed by atoms with E-state index in [1.807, 2.05) is 18.2 Å². The van der Waals surface area contributed by atoms with Crippen LogP contribution >= 0.6 is 0 Å². The molecular weight excluding hydrogens is 250 g/mol. The Morgan fingerprint density at radius 3 is 2.65 bits per heavy atom. The Balaban J connectivity index is 2.19. The molecular formula is C16H17N3O. The number of ether oxygens (including phenoxy) is 1. The van der Waals surface area contributed by atoms with Crippen molar-refractivity contribution >= 4 is 5.69 Å². The van der Waals surface area contributed by atoms with Gasteiger partial charge in [-0.2, -0.15) is 0 Å². The van der Waals surface area contributed by atoms with E-state index in [1.165, 1.54) is 0 Å². The normalized spacial score (nSPS) is 10.9. The summed E-state index contributed by atoms with van der Waals surface area (Å²) >= 11 is 0. The molecule has 0 amide bonds. The van der Waals surface area contributed by atoms with Gasteiger partial charge in [-0.25, -0.2) is 4.85 Å². The molecule has 0 aliphatic heterocycles. The van der Waals surface area contributed by atoms with Crippen LogP contribution in [-0.4, -0.2) is 9.97 Å². The fraction of sp³-hybridized carbons (Fsp3) is 0.312. The number of aromatic nitrogens is 2. The van der Waals surface area contributed by atoms with Gasteiger partial charge in [0.15, 0.2) is 0 Å². The molecule has 0 atom stereocenters. The Morgan fingerprint density at radius 2 is 2.05 bits per heavy atom. The van der Waals surface area contributed by atoms with E-state index >= 15 is 0 Å². The third-order valence-corrected chi connectivity index (χ3v) is 2.84. The molecule has 4 nitrogen and oxygen atoms in total. The van der Waals surface area contributed by atoms with Crippen LogP contribution in [0.5, 0.6) is 5.75 Å². The van der Waals surface area contributed by atoms with Crippen LogP contribution in [0.3, 0.4) is 0 Å². The molecule has 0 saturated carbocycles. The van der Waals surface area contributed by atoms with E-state index in [4.69, 9.17) is 11.3 Å². The first-order valence-corrected chi connectivity index (χ1v) is 6.41. The summed E-state index contributed by atoms with van der Waals surface area (Å²) in [4.78, 5) is 12.1. The summed E-state index contributed by atoms with van der Waals surface area (Å²) in [6.45, 7) is 13.8. The molecule has 0 aliphatic carbocycles. The molecule has 2 rings (SSSR count). The van der Waals surface area contributed by atoms with Crippen LogP contribution in [-0.2, 0) is 12.0 Å². The number of nitrogens with zero attached hydrogens (tertiary/aromatic N) is 3. The second-order valence-corrected chi connectivity index (χ2v) is 5.51. The Labute approximate surface area is 119 Å². The lowest BCUT2D eigenvalue weighted by Crippen LogP contribution is -2.13. The second kappa shape index (κ2) is 5.70. The quantitative estimate of drug-likeness (QED) is 0.792. The highest BCUT2D eigenvalue weighted by atomic mass is 16.5. The minimum Gasteiger partial charge on any atom is -0.497 e. The van der Waals surface area contributed by atoms with Crippen LogP contribution in [0.25, 0.3) is 4.85 Å². The first kappa shape index (κ1) is 14.0. The van der Waals surface area contributed by atoms with Gasteiger partial charge in [0.2, 0.25) is 5.69 Å². The van der Waals surface area contributed by atoms with Crippen LogP contribution in [0, 0.1) is 6.57 Å². The zero-order chi connectivity index (χ0) is 14.6. The van der Waals surface area contributed by atoms with Crippen LogP contribution in [0.15, 0.2) is 36.7 Å². The van der Waals surface area contributed by atoms with Crippen molar-refractivity contribution in [2.75, 3.05) is 0 Å². The lowest BCUT2D eigenvalue weighted by Gasteiger charge is -2.18. The summed E-state index contributed by atoms with van der Waals surface area (Å²) in [5.74, 6) is 0.499. The number of pyridine rings is 2. The minimum absolute atomic E-state index is 0.0844. The average molecular weight is 267 g/mol. The maximum Gasteiger partial charge on any atom is 0.231 e. The van der Waals surface area contributed by atoms with E-state index in [-0.39, 0.29) is 5.41 Å². The van der Waals surface area contributed by atoms with Crippen molar-refractivity contribution in [1.82, 2.24) is 9.97 Å². The number of hydrogen-bond acceptors (Lipinski definition) is 3. The molecule has 0 radical (unpaired) electrons. The molecule has 102 valence electrons. The Hall–Kier alpha value is -2.41. The first-order valence-electron chi connectivity index (χ1n) is 6.41. The highest BCUT2D eigenvalue weighted by Crippen LogP contribution is 2.31. The van der Waals surface area contributed by atoms with Crippen molar-refractivity contribution in [2.45, 2.75) is 32.8 Å². The molecule has 20 heavy (non-hydrogen) atoms. The number of hydrogen-bond donors (Lipinski definition) is 0. The van der Waals surface area contributed by atoms with Gasteiger partial charge in [-0.3, -0.25) is 9.97 Å². The standard InChI is InChI=1S/C16H17N3O/c1-16(2,3)15-9-13(17-4)14(10-19-15)20-11-12-7-5-6-8-18-12/h5-10H,11H2,1-3H3. The van der Waals surface area contributed by atoms with Crippen molar-refractivity contribution in [3.05, 3.63) is 59.5 Å². The van der Waals surface area contributed by atoms with E-state index in [2.05, 4.69) is 35.6 Å². The van der Waals surface area contributed by atoms with Crippen molar-refractivity contribution in [1.29, 1.82) is 0 Å². The molecule has 2 heterocycles. The largest absolute Gasteiger partial charge is 0.497 e. The lowest BCUT2D eigenvalue weighted by atomic mass is 9.91. The van der Waals surface area contributed by atoms with E-state index in [0.29, 0.717) is 18.0 Å². The SMILES string of the molecule is [C-]#[N+]c1cc(C(C)(C)C)ncc1OCc1ccccn1. The summed E-state index contributed by atoms with van der Waals surface area (Å²) in [5.41, 5.74) is 2.11. The van der Waals surface area contributed by atoms with Gasteiger partial charge in [-0.05, 0) is 18.2 Å². The smallest absolute Gasteiger partial charge is 0.231 e. The van der Waals surface area contributed by atoms with Gasteiger partial charge < -0.3 is 4.74 Å². The molecule has 0 fully saturated rings. The van der Waals surface area contributed by atoms with Gasteiger partial charge in [-0.15, -0.1) is 0 Å². The second-order valence-electron chi connectivity index (χ2n) is 5.51. The average Bonchev–Trinajstić information content (AvgIpc) is 2.45. The van der Waals surface area contributed by atoms with Gasteiger partial charge in [-0.1, -0.05) is 26.8 Å². The molecule has 0 aliphatic rings. The fourth-order valence-corrected chi connectivity index (χ4v) is 1.68. The van der Waals surface area contributed by atoms with Crippen LogP contribution < -0.4 is 4.74 Å². The molecule has 0 aromatic carbocycles. The summed E-state index contributed by atoms with van der Waals surface area (Å²) in [6, 6.07) is 7.44. The number of rotatable bonds is 3. The van der Waals surface area contributed by atoms with Gasteiger partial charge in [0.1, 0.15) is 12.4 Å². The molecule has 0 spiro atoms. The van der Waals surface area contributed by atoms with Crippen LogP contribution in [0.1, 0.15) is 32.2 Å². The van der Waals surface area contributed by atoms with E-state index in [9.17, 15) is 0 Å². The van der Waals surface area contributed by atoms with Gasteiger partial charge in [0, 0.05) is 17.3 Å². The molecule has 2 aromatic rings. The molecule has 0 unspecified atom stereocenters. The molecule has 0 N–H and O–H groups in total. The lowest BCUT2D eigenvalue weighted by molar-refractivity contribution is 0.301. The van der Waals surface area contributed by atoms with Crippen molar-refractivity contribution in [2.24, 2.45) is 0 Å². The zero-order valence-electron chi connectivity index (χ0n) is 11.9. The predicted octanol–water partition coefficient (Wildman–Crippen LogP) is 3.90. The summed E-state index contributed by atoms with van der Waals surface area (Å²) < 4.78 is 5.64. The van der Waals surface area contributed by atoms with Crippen LogP contribution in [0.4, 0.5) is 5.69 Å². The highest BCUT2D eigenvalue weighted by molar-refractivity contribution is 5.57. The zero-order valence-corrected chi connectivity index (χ0v) is 11.9. The van der Waals surface area contributed by atoms with Crippen molar-refractivity contribution in [3.8, 4) is 5.75 Å². The molecule has 0 bridgehead atoms. The minimum atomic E-state index is -0.0844. The topological polar surface area (TPSA) is 39.4 Å². The maximum atomic E-state index is 7.27. The highest BCUT2D eigenvalue weighted by Gasteiger charge is 2.17. The third-order valence-electron chi connectivity index (χ3n) is 2.84. The van der Waals surface area contributed by atoms with E-state index in [0.717, 1.165) is 11.4 Å². The van der Waals surface area contributed by atoms with Gasteiger partial charge in [0.25, 0.3) is 0 Å². The van der Waals surface area contributed by atoms with Crippen molar-refractivity contribution < 1.29 is 4.74 Å². The van der Waals surface area contributed by atoms with Crippen molar-refractivity contribution in [3.63, 3.8) is 0 Å². The Morgan fingerprint density at radius 1 is 1.25 bits per heavy atom. The van der Waals surface area contributed by atoms with E-state index < -0.39 is 0 Å². The maximum absolute atomic E-state index is 7.27. The van der Waals surface area contributed by atoms with Gasteiger partial charge >= 0.3 is 0 Å². The summed E-state index contributed by atoms with van der Waals surface area (Å²) in [5, 5.41) is 0. The Bertz CT molecular complexity index is 624. The van der Waals surface area contributed by atoms with Gasteiger partial charge in [0.05, 0.1) is 18.5 Å². The summed E-state index contributed by atoms with van der Waals surface area (Å²) in [6.07, 6.45) is 3.34. The molecule has 4 heteroatoms. The fourth-order valence-electron chi connectivity index (χ4n) is 1.68. The molecule has 2 aromatic heterocycles. The van der Waals surface area contributed by atoms with E-state index in [1.54, 1.807) is 18.5 Å². The summed E-state index contributed by atoms with van der Waals surface area (Å²) in [7, 11) is 0. The van der Waals surface area contributed by atoms with Crippen LogP contribution in [0.2, 0.25) is 0 Å². The third kappa shape index (κ3) is 3.33. The Kier molecular flexibility index (Phi) is 3.99. The monoisotopic (exact) mass is 267 g/mol.